The van der Waals surface area contributed by atoms with Crippen molar-refractivity contribution in [2.24, 2.45) is 4.99 Å². The average molecular weight is 496 g/mol. The number of carbonyl (C=O) groups is 2. The lowest BCUT2D eigenvalue weighted by Crippen LogP contribution is -2.31. The quantitative estimate of drug-likeness (QED) is 0.445. The predicted molar refractivity (Wildman–Crippen MR) is 137 cm³/mol. The Morgan fingerprint density at radius 1 is 1.21 bits per heavy atom. The lowest BCUT2D eigenvalue weighted by molar-refractivity contribution is -0.114. The number of amides is 2. The Labute approximate surface area is 206 Å². The number of benzene rings is 2. The topological polar surface area (TPSA) is 84.1 Å². The lowest BCUT2D eigenvalue weighted by atomic mass is 10.1. The molecule has 1 aliphatic heterocycles. The van der Waals surface area contributed by atoms with Crippen molar-refractivity contribution in [2.45, 2.75) is 13.8 Å². The van der Waals surface area contributed by atoms with Crippen LogP contribution in [0.5, 0.6) is 5.75 Å². The maximum atomic E-state index is 13.2. The number of hydrogen-bond acceptors (Lipinski definition) is 6. The van der Waals surface area contributed by atoms with Gasteiger partial charge in [-0.05, 0) is 67.4 Å². The van der Waals surface area contributed by atoms with Crippen LogP contribution in [-0.2, 0) is 9.59 Å². The van der Waals surface area contributed by atoms with Gasteiger partial charge in [-0.1, -0.05) is 29.4 Å². The van der Waals surface area contributed by atoms with Gasteiger partial charge < -0.3 is 14.5 Å². The van der Waals surface area contributed by atoms with E-state index in [4.69, 9.17) is 20.8 Å². The molecule has 9 heteroatoms. The van der Waals surface area contributed by atoms with E-state index in [1.165, 1.54) is 18.3 Å². The zero-order chi connectivity index (χ0) is 24.2. The first kappa shape index (κ1) is 23.7. The summed E-state index contributed by atoms with van der Waals surface area (Å²) in [7, 11) is 1.52. The number of nitrogens with zero attached hydrogens (tertiary/aromatic N) is 2. The molecular formula is C25H22ClN3O4S. The molecule has 2 aromatic carbocycles. The molecule has 2 heterocycles. The first-order chi connectivity index (χ1) is 16.3. The van der Waals surface area contributed by atoms with Crippen molar-refractivity contribution >= 4 is 57.8 Å². The molecule has 0 saturated carbocycles. The lowest BCUT2D eigenvalue weighted by Gasteiger charge is -2.18. The Morgan fingerprint density at radius 3 is 2.62 bits per heavy atom. The van der Waals surface area contributed by atoms with Gasteiger partial charge >= 0.3 is 0 Å². The first-order valence-electron chi connectivity index (χ1n) is 10.4. The second-order valence-electron chi connectivity index (χ2n) is 7.61. The highest BCUT2D eigenvalue weighted by Gasteiger charge is 2.33. The van der Waals surface area contributed by atoms with Crippen LogP contribution in [0, 0.1) is 13.8 Å². The fourth-order valence-electron chi connectivity index (χ4n) is 3.50. The third kappa shape index (κ3) is 5.35. The van der Waals surface area contributed by atoms with Crippen molar-refractivity contribution in [2.75, 3.05) is 23.1 Å². The molecule has 0 fully saturated rings. The standard InChI is InChI=1S/C25H22ClN3O4S/c1-15-9-16(2)11-17(10-15)27-23(30)14-34-25-28-21(13-19-5-4-8-33-19)24(31)29(25)18-6-7-22(32-3)20(26)12-18/h4-13H,14H2,1-3H3,(H,27,30). The zero-order valence-electron chi connectivity index (χ0n) is 18.8. The number of methoxy groups -OCH3 is 1. The van der Waals surface area contributed by atoms with Crippen LogP contribution in [0.3, 0.4) is 0 Å². The van der Waals surface area contributed by atoms with Crippen LogP contribution in [0.25, 0.3) is 6.08 Å². The number of rotatable bonds is 6. The Bertz CT molecular complexity index is 1280. The average Bonchev–Trinajstić information content (AvgIpc) is 3.40. The Morgan fingerprint density at radius 2 is 1.97 bits per heavy atom. The number of carbonyl (C=O) groups excluding carboxylic acids is 2. The molecule has 2 amide bonds. The van der Waals surface area contributed by atoms with E-state index in [0.29, 0.717) is 27.4 Å². The Balaban J connectivity index is 1.57. The highest BCUT2D eigenvalue weighted by Crippen LogP contribution is 2.34. The van der Waals surface area contributed by atoms with Crippen molar-refractivity contribution in [3.05, 3.63) is 82.4 Å². The normalized spacial score (nSPS) is 14.5. The number of anilines is 2. The van der Waals surface area contributed by atoms with Crippen LogP contribution in [0.4, 0.5) is 11.4 Å². The number of halogens is 1. The smallest absolute Gasteiger partial charge is 0.283 e. The number of nitrogens with one attached hydrogen (secondary N) is 1. The van der Waals surface area contributed by atoms with Gasteiger partial charge in [0.25, 0.3) is 5.91 Å². The summed E-state index contributed by atoms with van der Waals surface area (Å²) in [6, 6.07) is 14.3. The third-order valence-electron chi connectivity index (χ3n) is 4.88. The van der Waals surface area contributed by atoms with Crippen molar-refractivity contribution in [1.29, 1.82) is 0 Å². The molecule has 1 N–H and O–H groups in total. The summed E-state index contributed by atoms with van der Waals surface area (Å²) in [5.74, 6) is 0.491. The van der Waals surface area contributed by atoms with Gasteiger partial charge in [-0.3, -0.25) is 14.5 Å². The van der Waals surface area contributed by atoms with Crippen LogP contribution in [-0.4, -0.2) is 29.8 Å². The minimum Gasteiger partial charge on any atom is -0.495 e. The molecule has 4 rings (SSSR count). The Kier molecular flexibility index (Phi) is 7.09. The Hall–Kier alpha value is -3.49. The summed E-state index contributed by atoms with van der Waals surface area (Å²) in [6.45, 7) is 3.95. The van der Waals surface area contributed by atoms with Crippen LogP contribution in [0.2, 0.25) is 5.02 Å². The van der Waals surface area contributed by atoms with Crippen molar-refractivity contribution in [3.63, 3.8) is 0 Å². The highest BCUT2D eigenvalue weighted by atomic mass is 35.5. The van der Waals surface area contributed by atoms with Crippen LogP contribution < -0.4 is 15.0 Å². The van der Waals surface area contributed by atoms with Gasteiger partial charge in [0, 0.05) is 11.8 Å². The van der Waals surface area contributed by atoms with Crippen LogP contribution in [0.1, 0.15) is 16.9 Å². The van der Waals surface area contributed by atoms with Gasteiger partial charge in [-0.15, -0.1) is 0 Å². The van der Waals surface area contributed by atoms with E-state index in [1.807, 2.05) is 32.0 Å². The van der Waals surface area contributed by atoms with E-state index in [2.05, 4.69) is 10.3 Å². The fraction of sp³-hybridized carbons (Fsp3) is 0.160. The predicted octanol–water partition coefficient (Wildman–Crippen LogP) is 5.67. The molecular weight excluding hydrogens is 474 g/mol. The molecule has 0 unspecified atom stereocenters. The molecule has 0 bridgehead atoms. The zero-order valence-corrected chi connectivity index (χ0v) is 20.4. The summed E-state index contributed by atoms with van der Waals surface area (Å²) in [5, 5.41) is 3.62. The number of amidine groups is 1. The van der Waals surface area contributed by atoms with E-state index in [-0.39, 0.29) is 23.3 Å². The highest BCUT2D eigenvalue weighted by molar-refractivity contribution is 8.14. The van der Waals surface area contributed by atoms with Crippen LogP contribution in [0.15, 0.2) is 69.9 Å². The first-order valence-corrected chi connectivity index (χ1v) is 11.7. The molecule has 0 atom stereocenters. The molecule has 0 aliphatic carbocycles. The van der Waals surface area contributed by atoms with Crippen LogP contribution >= 0.6 is 23.4 Å². The maximum absolute atomic E-state index is 13.2. The molecule has 174 valence electrons. The third-order valence-corrected chi connectivity index (χ3v) is 6.12. The molecule has 0 radical (unpaired) electrons. The van der Waals surface area contributed by atoms with Gasteiger partial charge in [-0.2, -0.15) is 0 Å². The maximum Gasteiger partial charge on any atom is 0.283 e. The second kappa shape index (κ2) is 10.2. The minimum atomic E-state index is -0.352. The number of hydrogen-bond donors (Lipinski definition) is 1. The van der Waals surface area contributed by atoms with E-state index in [0.717, 1.165) is 28.6 Å². The summed E-state index contributed by atoms with van der Waals surface area (Å²) in [5.41, 5.74) is 3.55. The molecule has 34 heavy (non-hydrogen) atoms. The number of furan rings is 1. The van der Waals surface area contributed by atoms with Gasteiger partial charge in [0.05, 0.1) is 29.8 Å². The van der Waals surface area contributed by atoms with Gasteiger partial charge in [0.1, 0.15) is 17.2 Å². The molecule has 0 spiro atoms. The number of aliphatic imine (C=N–C) groups is 1. The molecule has 0 saturated heterocycles. The second-order valence-corrected chi connectivity index (χ2v) is 8.96. The summed E-state index contributed by atoms with van der Waals surface area (Å²) in [6.07, 6.45) is 3.08. The van der Waals surface area contributed by atoms with E-state index >= 15 is 0 Å². The summed E-state index contributed by atoms with van der Waals surface area (Å²) < 4.78 is 10.5. The summed E-state index contributed by atoms with van der Waals surface area (Å²) in [4.78, 5) is 31.8. The largest absolute Gasteiger partial charge is 0.495 e. The van der Waals surface area contributed by atoms with E-state index < -0.39 is 0 Å². The van der Waals surface area contributed by atoms with E-state index in [1.54, 1.807) is 36.4 Å². The number of ether oxygens (including phenoxy) is 1. The monoisotopic (exact) mass is 495 g/mol. The molecule has 3 aromatic rings. The SMILES string of the molecule is COc1ccc(N2C(=O)C(=Cc3ccco3)N=C2SCC(=O)Nc2cc(C)cc(C)c2)cc1Cl. The molecule has 1 aromatic heterocycles. The van der Waals surface area contributed by atoms with Gasteiger partial charge in [0.15, 0.2) is 5.17 Å². The summed E-state index contributed by atoms with van der Waals surface area (Å²) >= 11 is 7.45. The van der Waals surface area contributed by atoms with E-state index in [9.17, 15) is 9.59 Å². The molecule has 7 nitrogen and oxygen atoms in total. The van der Waals surface area contributed by atoms with Gasteiger partial charge in [-0.25, -0.2) is 4.99 Å². The minimum absolute atomic E-state index is 0.0630. The number of aryl methyl sites for hydroxylation is 2. The molecule has 1 aliphatic rings. The number of thioether (sulfide) groups is 1. The van der Waals surface area contributed by atoms with Crippen molar-refractivity contribution in [1.82, 2.24) is 0 Å². The van der Waals surface area contributed by atoms with Gasteiger partial charge in [0.2, 0.25) is 5.91 Å². The van der Waals surface area contributed by atoms with Crippen molar-refractivity contribution < 1.29 is 18.7 Å². The van der Waals surface area contributed by atoms with Crippen molar-refractivity contribution in [3.8, 4) is 5.75 Å². The fourth-order valence-corrected chi connectivity index (χ4v) is 4.56.